The highest BCUT2D eigenvalue weighted by Gasteiger charge is 2.44. The molecule has 162 valence electrons. The first-order valence-corrected chi connectivity index (χ1v) is 10.8. The Hall–Kier alpha value is -2.93. The number of aromatic nitrogens is 2. The average molecular weight is 423 g/mol. The van der Waals surface area contributed by atoms with E-state index in [1.165, 1.54) is 12.1 Å². The van der Waals surface area contributed by atoms with Crippen LogP contribution in [0.25, 0.3) is 11.0 Å². The molecular formula is C24H27FN4O2. The lowest BCUT2D eigenvalue weighted by Gasteiger charge is -2.38. The lowest BCUT2D eigenvalue weighted by atomic mass is 9.77. The summed E-state index contributed by atoms with van der Waals surface area (Å²) in [6.45, 7) is 3.49. The molecule has 1 aliphatic heterocycles. The van der Waals surface area contributed by atoms with Crippen molar-refractivity contribution < 1.29 is 13.9 Å². The maximum Gasteiger partial charge on any atom is 0.321 e. The molecule has 0 bridgehead atoms. The number of nitrogens with zero attached hydrogens (tertiary/aromatic N) is 3. The molecule has 4 atom stereocenters. The summed E-state index contributed by atoms with van der Waals surface area (Å²) in [6.07, 6.45) is 1.95. The minimum absolute atomic E-state index is 0.0812. The quantitative estimate of drug-likeness (QED) is 0.670. The van der Waals surface area contributed by atoms with Crippen molar-refractivity contribution >= 4 is 22.8 Å². The molecule has 2 amide bonds. The number of hydrogen-bond acceptors (Lipinski definition) is 3. The van der Waals surface area contributed by atoms with Crippen LogP contribution in [-0.4, -0.2) is 46.8 Å². The Bertz CT molecular complexity index is 1100. The van der Waals surface area contributed by atoms with E-state index < -0.39 is 0 Å². The fourth-order valence-electron chi connectivity index (χ4n) is 5.40. The summed E-state index contributed by atoms with van der Waals surface area (Å²) >= 11 is 0. The number of fused-ring (bicyclic) bond motifs is 2. The number of methoxy groups -OCH3 is 1. The third kappa shape index (κ3) is 3.67. The van der Waals surface area contributed by atoms with E-state index in [4.69, 9.17) is 9.72 Å². The maximum absolute atomic E-state index is 13.1. The van der Waals surface area contributed by atoms with Crippen LogP contribution in [0, 0.1) is 24.6 Å². The number of rotatable bonds is 3. The van der Waals surface area contributed by atoms with Crippen LogP contribution in [0.2, 0.25) is 0 Å². The number of likely N-dealkylation sites (tertiary alicyclic amines) is 1. The van der Waals surface area contributed by atoms with E-state index in [2.05, 4.69) is 22.9 Å². The molecule has 7 heteroatoms. The Labute approximate surface area is 181 Å². The summed E-state index contributed by atoms with van der Waals surface area (Å²) in [5.74, 6) is 1.51. The van der Waals surface area contributed by atoms with E-state index in [1.807, 2.05) is 23.1 Å². The zero-order valence-electron chi connectivity index (χ0n) is 17.8. The van der Waals surface area contributed by atoms with Crippen LogP contribution in [0.3, 0.4) is 0 Å². The number of carbonyl (C=O) groups excluding carboxylic acids is 1. The topological polar surface area (TPSA) is 59.4 Å². The van der Waals surface area contributed by atoms with Gasteiger partial charge in [0.05, 0.1) is 23.2 Å². The molecule has 1 saturated heterocycles. The molecule has 2 aromatic carbocycles. The summed E-state index contributed by atoms with van der Waals surface area (Å²) < 4.78 is 21.4. The molecular weight excluding hydrogens is 395 g/mol. The molecule has 0 radical (unpaired) electrons. The molecule has 2 heterocycles. The Morgan fingerprint density at radius 2 is 1.81 bits per heavy atom. The van der Waals surface area contributed by atoms with Gasteiger partial charge in [0.15, 0.2) is 0 Å². The highest BCUT2D eigenvalue weighted by Crippen LogP contribution is 2.43. The van der Waals surface area contributed by atoms with Crippen LogP contribution in [0.5, 0.6) is 0 Å². The van der Waals surface area contributed by atoms with Gasteiger partial charge in [-0.25, -0.2) is 14.2 Å². The zero-order valence-corrected chi connectivity index (χ0v) is 17.8. The standard InChI is InChI=1S/C24H27FN4O2/c1-15-26-20-5-3-4-6-21(20)29(15)22-11-16-13-28(14-17(16)12-23(22)31-2)24(30)27-19-9-7-18(25)8-10-19/h3-10,16-17,22-23H,11-14H2,1-2H3,(H,27,30)/t16-,17+,22-,23-/m0/s1. The highest BCUT2D eigenvalue weighted by atomic mass is 19.1. The van der Waals surface area contributed by atoms with E-state index >= 15 is 0 Å². The van der Waals surface area contributed by atoms with Gasteiger partial charge in [-0.05, 0) is 68.0 Å². The van der Waals surface area contributed by atoms with Crippen molar-refractivity contribution in [1.29, 1.82) is 0 Å². The van der Waals surface area contributed by atoms with Crippen molar-refractivity contribution in [3.8, 4) is 0 Å². The van der Waals surface area contributed by atoms with Crippen molar-refractivity contribution in [3.63, 3.8) is 0 Å². The second kappa shape index (κ2) is 7.96. The number of nitrogens with one attached hydrogen (secondary N) is 1. The fourth-order valence-corrected chi connectivity index (χ4v) is 5.40. The number of halogens is 1. The first kappa shape index (κ1) is 20.0. The molecule has 1 saturated carbocycles. The summed E-state index contributed by atoms with van der Waals surface area (Å²) in [4.78, 5) is 19.4. The van der Waals surface area contributed by atoms with Crippen molar-refractivity contribution in [3.05, 3.63) is 60.2 Å². The van der Waals surface area contributed by atoms with Crippen LogP contribution in [0.4, 0.5) is 14.9 Å². The predicted octanol–water partition coefficient (Wildman–Crippen LogP) is 4.61. The highest BCUT2D eigenvalue weighted by molar-refractivity contribution is 5.89. The van der Waals surface area contributed by atoms with E-state index in [0.717, 1.165) is 36.2 Å². The first-order chi connectivity index (χ1) is 15.0. The number of benzene rings is 2. The van der Waals surface area contributed by atoms with Crippen molar-refractivity contribution in [1.82, 2.24) is 14.5 Å². The number of para-hydroxylation sites is 2. The van der Waals surface area contributed by atoms with Gasteiger partial charge in [-0.2, -0.15) is 0 Å². The largest absolute Gasteiger partial charge is 0.379 e. The molecule has 1 aliphatic carbocycles. The number of anilines is 1. The van der Waals surface area contributed by atoms with Gasteiger partial charge in [0.2, 0.25) is 0 Å². The van der Waals surface area contributed by atoms with Crippen molar-refractivity contribution in [2.45, 2.75) is 31.9 Å². The van der Waals surface area contributed by atoms with Gasteiger partial charge in [-0.1, -0.05) is 12.1 Å². The molecule has 0 unspecified atom stereocenters. The van der Waals surface area contributed by atoms with E-state index in [9.17, 15) is 9.18 Å². The van der Waals surface area contributed by atoms with E-state index in [1.54, 1.807) is 19.2 Å². The maximum atomic E-state index is 13.1. The van der Waals surface area contributed by atoms with Gasteiger partial charge < -0.3 is 19.5 Å². The van der Waals surface area contributed by atoms with Gasteiger partial charge in [0, 0.05) is 25.9 Å². The monoisotopic (exact) mass is 422 g/mol. The first-order valence-electron chi connectivity index (χ1n) is 10.8. The molecule has 31 heavy (non-hydrogen) atoms. The van der Waals surface area contributed by atoms with Crippen molar-refractivity contribution in [2.75, 3.05) is 25.5 Å². The molecule has 1 aromatic heterocycles. The van der Waals surface area contributed by atoms with Gasteiger partial charge in [-0.3, -0.25) is 0 Å². The number of urea groups is 1. The van der Waals surface area contributed by atoms with Crippen LogP contribution in [-0.2, 0) is 4.74 Å². The number of imidazole rings is 1. The number of hydrogen-bond donors (Lipinski definition) is 1. The summed E-state index contributed by atoms with van der Waals surface area (Å²) in [5.41, 5.74) is 2.74. The Balaban J connectivity index is 1.34. The molecule has 5 rings (SSSR count). The zero-order chi connectivity index (χ0) is 21.5. The van der Waals surface area contributed by atoms with E-state index in [0.29, 0.717) is 24.1 Å². The van der Waals surface area contributed by atoms with Gasteiger partial charge in [0.25, 0.3) is 0 Å². The summed E-state index contributed by atoms with van der Waals surface area (Å²) in [6, 6.07) is 14.2. The lowest BCUT2D eigenvalue weighted by molar-refractivity contribution is -0.0000581. The SMILES string of the molecule is CO[C@H]1C[C@@H]2CN(C(=O)Nc3ccc(F)cc3)C[C@@H]2C[C@@H]1n1c(C)nc2ccccc21. The Morgan fingerprint density at radius 3 is 2.55 bits per heavy atom. The summed E-state index contributed by atoms with van der Waals surface area (Å²) in [5, 5.41) is 2.89. The third-order valence-corrected chi connectivity index (χ3v) is 6.87. The second-order valence-electron chi connectivity index (χ2n) is 8.69. The van der Waals surface area contributed by atoms with Crippen LogP contribution in [0.15, 0.2) is 48.5 Å². The van der Waals surface area contributed by atoms with Crippen molar-refractivity contribution in [2.24, 2.45) is 11.8 Å². The smallest absolute Gasteiger partial charge is 0.321 e. The number of amides is 2. The minimum atomic E-state index is -0.316. The normalized spacial score (nSPS) is 25.6. The molecule has 6 nitrogen and oxygen atoms in total. The molecule has 2 aliphatic rings. The molecule has 1 N–H and O–H groups in total. The van der Waals surface area contributed by atoms with Gasteiger partial charge >= 0.3 is 6.03 Å². The Kier molecular flexibility index (Phi) is 5.14. The average Bonchev–Trinajstić information content (AvgIpc) is 3.33. The molecule has 0 spiro atoms. The predicted molar refractivity (Wildman–Crippen MR) is 118 cm³/mol. The van der Waals surface area contributed by atoms with Crippen LogP contribution in [0.1, 0.15) is 24.7 Å². The Morgan fingerprint density at radius 1 is 1.10 bits per heavy atom. The number of carbonyl (C=O) groups is 1. The van der Waals surface area contributed by atoms with E-state index in [-0.39, 0.29) is 24.0 Å². The van der Waals surface area contributed by atoms with Gasteiger partial charge in [-0.15, -0.1) is 0 Å². The van der Waals surface area contributed by atoms with Crippen LogP contribution >= 0.6 is 0 Å². The third-order valence-electron chi connectivity index (χ3n) is 6.87. The second-order valence-corrected chi connectivity index (χ2v) is 8.69. The fraction of sp³-hybridized carbons (Fsp3) is 0.417. The lowest BCUT2D eigenvalue weighted by Crippen LogP contribution is -2.37. The summed E-state index contributed by atoms with van der Waals surface area (Å²) in [7, 11) is 1.78. The number of aryl methyl sites for hydroxylation is 1. The molecule has 2 fully saturated rings. The van der Waals surface area contributed by atoms with Crippen LogP contribution < -0.4 is 5.32 Å². The number of ether oxygens (including phenoxy) is 1. The molecule has 3 aromatic rings. The van der Waals surface area contributed by atoms with Gasteiger partial charge in [0.1, 0.15) is 11.6 Å². The minimum Gasteiger partial charge on any atom is -0.379 e.